The van der Waals surface area contributed by atoms with E-state index in [0.29, 0.717) is 22.5 Å². The number of fused-ring (bicyclic) bond motifs is 1. The largest absolute Gasteiger partial charge is 0.339 e. The Labute approximate surface area is 127 Å². The maximum Gasteiger partial charge on any atom is 0.299 e. The quantitative estimate of drug-likeness (QED) is 0.791. The van der Waals surface area contributed by atoms with Gasteiger partial charge in [-0.15, -0.1) is 0 Å². The molecule has 1 aromatic heterocycles. The van der Waals surface area contributed by atoms with Gasteiger partial charge in [-0.2, -0.15) is 4.98 Å². The number of carbonyl (C=O) groups is 2. The molecule has 2 heterocycles. The predicted molar refractivity (Wildman–Crippen MR) is 73.3 cm³/mol. The summed E-state index contributed by atoms with van der Waals surface area (Å²) in [7, 11) is 0. The number of amides is 1. The molecule has 0 aliphatic carbocycles. The van der Waals surface area contributed by atoms with Crippen molar-refractivity contribution in [3.05, 3.63) is 39.7 Å². The normalized spacial score (nSPS) is 14.0. The van der Waals surface area contributed by atoms with E-state index in [0.717, 1.165) is 6.07 Å². The van der Waals surface area contributed by atoms with Gasteiger partial charge < -0.3 is 4.52 Å². The Hall–Kier alpha value is -2.09. The van der Waals surface area contributed by atoms with E-state index in [1.807, 2.05) is 6.92 Å². The Kier molecular flexibility index (Phi) is 3.32. The first-order valence-corrected chi connectivity index (χ1v) is 6.97. The van der Waals surface area contributed by atoms with Crippen LogP contribution in [0, 0.1) is 5.82 Å². The number of hydrogen-bond donors (Lipinski definition) is 0. The molecule has 0 fully saturated rings. The summed E-state index contributed by atoms with van der Waals surface area (Å²) >= 11 is 3.18. The Balaban J connectivity index is 2.01. The third kappa shape index (κ3) is 2.25. The minimum atomic E-state index is -0.746. The molecule has 0 spiro atoms. The summed E-state index contributed by atoms with van der Waals surface area (Å²) in [5.74, 6) is -1.33. The lowest BCUT2D eigenvalue weighted by Gasteiger charge is -2.15. The minimum absolute atomic E-state index is 0.00863. The fraction of sp³-hybridized carbons (Fsp3) is 0.231. The first-order chi connectivity index (χ1) is 10.0. The van der Waals surface area contributed by atoms with Crippen LogP contribution in [0.4, 0.5) is 10.1 Å². The van der Waals surface area contributed by atoms with Crippen molar-refractivity contribution in [2.75, 3.05) is 4.90 Å². The zero-order chi connectivity index (χ0) is 15.1. The molecule has 0 saturated carbocycles. The van der Waals surface area contributed by atoms with Gasteiger partial charge in [0.05, 0.1) is 17.8 Å². The number of rotatable bonds is 3. The van der Waals surface area contributed by atoms with Gasteiger partial charge in [-0.3, -0.25) is 14.5 Å². The Bertz CT molecular complexity index is 759. The molecule has 3 rings (SSSR count). The van der Waals surface area contributed by atoms with Crippen molar-refractivity contribution < 1.29 is 18.5 Å². The van der Waals surface area contributed by atoms with Crippen molar-refractivity contribution in [2.24, 2.45) is 0 Å². The van der Waals surface area contributed by atoms with E-state index in [-0.39, 0.29) is 17.9 Å². The molecule has 0 bridgehead atoms. The molecule has 0 N–H and O–H groups in total. The number of hydrogen-bond acceptors (Lipinski definition) is 5. The van der Waals surface area contributed by atoms with Crippen LogP contribution in [0.15, 0.2) is 21.1 Å². The highest BCUT2D eigenvalue weighted by Crippen LogP contribution is 2.37. The molecule has 0 radical (unpaired) electrons. The lowest BCUT2D eigenvalue weighted by molar-refractivity contribution is -0.114. The van der Waals surface area contributed by atoms with Crippen LogP contribution in [0.5, 0.6) is 0 Å². The molecular formula is C13H9BrFN3O3. The molecule has 1 aromatic carbocycles. The summed E-state index contributed by atoms with van der Waals surface area (Å²) < 4.78 is 18.7. The number of Topliss-reactive ketones (excluding diaryl/α,β-unsaturated/α-hetero) is 1. The minimum Gasteiger partial charge on any atom is -0.339 e. The van der Waals surface area contributed by atoms with Gasteiger partial charge in [0, 0.05) is 10.9 Å². The third-order valence-electron chi connectivity index (χ3n) is 3.09. The number of aromatic nitrogens is 2. The highest BCUT2D eigenvalue weighted by molar-refractivity contribution is 9.10. The van der Waals surface area contributed by atoms with E-state index in [1.165, 1.54) is 11.0 Å². The van der Waals surface area contributed by atoms with Crippen LogP contribution in [0.3, 0.4) is 0 Å². The van der Waals surface area contributed by atoms with Crippen LogP contribution in [0.2, 0.25) is 0 Å². The molecule has 6 nitrogen and oxygen atoms in total. The number of nitrogens with zero attached hydrogens (tertiary/aromatic N) is 3. The second-order valence-corrected chi connectivity index (χ2v) is 5.32. The maximum atomic E-state index is 13.4. The summed E-state index contributed by atoms with van der Waals surface area (Å²) in [6, 6.07) is 2.25. The molecule has 0 unspecified atom stereocenters. The van der Waals surface area contributed by atoms with E-state index >= 15 is 0 Å². The molecule has 0 atom stereocenters. The fourth-order valence-corrected chi connectivity index (χ4v) is 2.79. The third-order valence-corrected chi connectivity index (χ3v) is 3.70. The van der Waals surface area contributed by atoms with Crippen LogP contribution < -0.4 is 4.90 Å². The topological polar surface area (TPSA) is 76.3 Å². The molecular weight excluding hydrogens is 345 g/mol. The monoisotopic (exact) mass is 353 g/mol. The van der Waals surface area contributed by atoms with Gasteiger partial charge >= 0.3 is 0 Å². The second kappa shape index (κ2) is 5.03. The standard InChI is InChI=1S/C13H9BrFN3O3/c1-2-10-16-9(17-21-10)5-18-11-7(12(19)13(18)20)3-6(15)4-8(11)14/h3-4H,2,5H2,1H3. The van der Waals surface area contributed by atoms with Crippen molar-refractivity contribution in [1.29, 1.82) is 0 Å². The molecule has 2 aromatic rings. The summed E-state index contributed by atoms with van der Waals surface area (Å²) in [6.07, 6.45) is 0.575. The van der Waals surface area contributed by atoms with Crippen molar-refractivity contribution in [3.63, 3.8) is 0 Å². The molecule has 0 saturated heterocycles. The highest BCUT2D eigenvalue weighted by atomic mass is 79.9. The predicted octanol–water partition coefficient (Wildman–Crippen LogP) is 2.26. The van der Waals surface area contributed by atoms with E-state index in [9.17, 15) is 14.0 Å². The number of halogens is 2. The summed E-state index contributed by atoms with van der Waals surface area (Å²) in [4.78, 5) is 29.3. The highest BCUT2D eigenvalue weighted by Gasteiger charge is 2.38. The summed E-state index contributed by atoms with van der Waals surface area (Å²) in [6.45, 7) is 1.85. The Morgan fingerprint density at radius 3 is 2.81 bits per heavy atom. The van der Waals surface area contributed by atoms with E-state index in [4.69, 9.17) is 4.52 Å². The van der Waals surface area contributed by atoms with Gasteiger partial charge in [0.25, 0.3) is 11.7 Å². The molecule has 1 amide bonds. The summed E-state index contributed by atoms with van der Waals surface area (Å²) in [5.41, 5.74) is 0.361. The van der Waals surface area contributed by atoms with Crippen molar-refractivity contribution in [2.45, 2.75) is 19.9 Å². The molecule has 108 valence electrons. The van der Waals surface area contributed by atoms with E-state index < -0.39 is 17.5 Å². The van der Waals surface area contributed by atoms with Crippen molar-refractivity contribution in [3.8, 4) is 0 Å². The number of benzene rings is 1. The van der Waals surface area contributed by atoms with Gasteiger partial charge in [-0.05, 0) is 28.1 Å². The van der Waals surface area contributed by atoms with Crippen LogP contribution in [0.25, 0.3) is 0 Å². The van der Waals surface area contributed by atoms with E-state index in [1.54, 1.807) is 0 Å². The van der Waals surface area contributed by atoms with Crippen molar-refractivity contribution in [1.82, 2.24) is 10.1 Å². The zero-order valence-electron chi connectivity index (χ0n) is 10.9. The van der Waals surface area contributed by atoms with Crippen LogP contribution in [-0.2, 0) is 17.8 Å². The Morgan fingerprint density at radius 1 is 1.38 bits per heavy atom. The maximum absolute atomic E-state index is 13.4. The average Bonchev–Trinajstić information content (AvgIpc) is 2.98. The summed E-state index contributed by atoms with van der Waals surface area (Å²) in [5, 5.41) is 3.75. The smallest absolute Gasteiger partial charge is 0.299 e. The molecule has 21 heavy (non-hydrogen) atoms. The SMILES string of the molecule is CCc1nc(CN2C(=O)C(=O)c3cc(F)cc(Br)c32)no1. The molecule has 1 aliphatic heterocycles. The zero-order valence-corrected chi connectivity index (χ0v) is 12.5. The van der Waals surface area contributed by atoms with E-state index in [2.05, 4.69) is 26.1 Å². The van der Waals surface area contributed by atoms with Crippen molar-refractivity contribution >= 4 is 33.3 Å². The molecule has 8 heteroatoms. The Morgan fingerprint density at radius 2 is 2.14 bits per heavy atom. The van der Waals surface area contributed by atoms with Gasteiger partial charge in [-0.25, -0.2) is 4.39 Å². The van der Waals surface area contributed by atoms with Gasteiger partial charge in [0.15, 0.2) is 5.82 Å². The number of anilines is 1. The lowest BCUT2D eigenvalue weighted by atomic mass is 10.1. The van der Waals surface area contributed by atoms with Gasteiger partial charge in [0.2, 0.25) is 5.89 Å². The van der Waals surface area contributed by atoms with Crippen LogP contribution in [-0.4, -0.2) is 21.8 Å². The number of aryl methyl sites for hydroxylation is 1. The number of carbonyl (C=O) groups excluding carboxylic acids is 2. The van der Waals surface area contributed by atoms with Crippen LogP contribution >= 0.6 is 15.9 Å². The lowest BCUT2D eigenvalue weighted by Crippen LogP contribution is -2.29. The average molecular weight is 354 g/mol. The number of ketones is 1. The van der Waals surface area contributed by atoms with Crippen LogP contribution in [0.1, 0.15) is 29.0 Å². The van der Waals surface area contributed by atoms with Gasteiger partial charge in [0.1, 0.15) is 5.82 Å². The first-order valence-electron chi connectivity index (χ1n) is 6.18. The van der Waals surface area contributed by atoms with Gasteiger partial charge in [-0.1, -0.05) is 12.1 Å². The molecule has 1 aliphatic rings. The second-order valence-electron chi connectivity index (χ2n) is 4.46. The fourth-order valence-electron chi connectivity index (χ4n) is 2.14. The first kappa shape index (κ1) is 13.9.